The molecule has 0 unspecified atom stereocenters. The van der Waals surface area contributed by atoms with Crippen LogP contribution in [0.15, 0.2) is 83.5 Å². The van der Waals surface area contributed by atoms with Gasteiger partial charge in [0.2, 0.25) is 0 Å². The second kappa shape index (κ2) is 5.47. The summed E-state index contributed by atoms with van der Waals surface area (Å²) in [5, 5.41) is 10.4. The van der Waals surface area contributed by atoms with E-state index in [1.54, 1.807) is 6.26 Å². The molecule has 0 fully saturated rings. The van der Waals surface area contributed by atoms with E-state index in [4.69, 9.17) is 4.42 Å². The van der Waals surface area contributed by atoms with Crippen LogP contribution in [0.25, 0.3) is 33.2 Å². The highest BCUT2D eigenvalue weighted by Gasteiger charge is 2.14. The zero-order valence-electron chi connectivity index (χ0n) is 12.4. The molecule has 1 aromatic heterocycles. The second-order valence-electron chi connectivity index (χ2n) is 5.39. The first-order valence-electron chi connectivity index (χ1n) is 7.43. The smallest absolute Gasteiger partial charge is 0.152 e. The van der Waals surface area contributed by atoms with Gasteiger partial charge in [0.25, 0.3) is 0 Å². The molecule has 23 heavy (non-hydrogen) atoms. The monoisotopic (exact) mass is 295 g/mol. The summed E-state index contributed by atoms with van der Waals surface area (Å²) in [6, 6.07) is 26.4. The highest BCUT2D eigenvalue weighted by Crippen LogP contribution is 2.35. The van der Waals surface area contributed by atoms with Gasteiger partial charge in [-0.3, -0.25) is 0 Å². The first-order valence-corrected chi connectivity index (χ1v) is 7.43. The van der Waals surface area contributed by atoms with Crippen molar-refractivity contribution in [1.82, 2.24) is 0 Å². The van der Waals surface area contributed by atoms with Crippen LogP contribution in [0, 0.1) is 11.3 Å². The molecule has 2 nitrogen and oxygen atoms in total. The van der Waals surface area contributed by atoms with Crippen molar-refractivity contribution in [2.24, 2.45) is 0 Å². The molecule has 2 heteroatoms. The highest BCUT2D eigenvalue weighted by molar-refractivity contribution is 5.99. The van der Waals surface area contributed by atoms with Gasteiger partial charge in [0.15, 0.2) is 5.58 Å². The summed E-state index contributed by atoms with van der Waals surface area (Å²) in [6.45, 7) is 0. The lowest BCUT2D eigenvalue weighted by atomic mass is 9.97. The van der Waals surface area contributed by atoms with E-state index in [1.165, 1.54) is 0 Å². The van der Waals surface area contributed by atoms with E-state index in [-0.39, 0.29) is 0 Å². The van der Waals surface area contributed by atoms with Gasteiger partial charge in [0.1, 0.15) is 6.07 Å². The van der Waals surface area contributed by atoms with Crippen molar-refractivity contribution in [3.8, 4) is 28.3 Å². The third-order valence-corrected chi connectivity index (χ3v) is 3.99. The Morgan fingerprint density at radius 2 is 1.39 bits per heavy atom. The fourth-order valence-electron chi connectivity index (χ4n) is 2.86. The van der Waals surface area contributed by atoms with E-state index in [0.717, 1.165) is 27.6 Å². The zero-order chi connectivity index (χ0) is 15.6. The SMILES string of the molecule is N#Cc1cc(-c2ccccc2)cc2c(-c3ccccc3)coc12. The molecular formula is C21H13NO. The Morgan fingerprint density at radius 3 is 2.04 bits per heavy atom. The minimum atomic E-state index is 0.559. The summed E-state index contributed by atoms with van der Waals surface area (Å²) >= 11 is 0. The fourth-order valence-corrected chi connectivity index (χ4v) is 2.86. The Labute approximate surface area is 134 Å². The molecule has 0 spiro atoms. The summed E-state index contributed by atoms with van der Waals surface area (Å²) < 4.78 is 5.69. The lowest BCUT2D eigenvalue weighted by Gasteiger charge is -2.04. The molecule has 0 aliphatic rings. The van der Waals surface area contributed by atoms with Crippen molar-refractivity contribution in [3.05, 3.63) is 84.6 Å². The summed E-state index contributed by atoms with van der Waals surface area (Å²) in [4.78, 5) is 0. The summed E-state index contributed by atoms with van der Waals surface area (Å²) in [5.74, 6) is 0. The van der Waals surface area contributed by atoms with Crippen molar-refractivity contribution in [1.29, 1.82) is 5.26 Å². The number of hydrogen-bond acceptors (Lipinski definition) is 2. The zero-order valence-corrected chi connectivity index (χ0v) is 12.4. The largest absolute Gasteiger partial charge is 0.462 e. The molecule has 0 atom stereocenters. The Bertz CT molecular complexity index is 1010. The molecule has 1 heterocycles. The van der Waals surface area contributed by atoms with Gasteiger partial charge in [-0.05, 0) is 28.8 Å². The van der Waals surface area contributed by atoms with E-state index < -0.39 is 0 Å². The van der Waals surface area contributed by atoms with E-state index in [9.17, 15) is 5.26 Å². The molecule has 4 aromatic rings. The maximum atomic E-state index is 9.48. The lowest BCUT2D eigenvalue weighted by molar-refractivity contribution is 0.616. The third kappa shape index (κ3) is 2.29. The van der Waals surface area contributed by atoms with E-state index in [2.05, 4.69) is 12.1 Å². The van der Waals surface area contributed by atoms with Crippen LogP contribution in [0.4, 0.5) is 0 Å². The molecule has 108 valence electrons. The standard InChI is InChI=1S/C21H13NO/c22-13-18-11-17(15-7-3-1-4-8-15)12-19-20(14-23-21(18)19)16-9-5-2-6-10-16/h1-12,14H. The molecule has 0 saturated carbocycles. The first-order chi connectivity index (χ1) is 11.4. The van der Waals surface area contributed by atoms with E-state index >= 15 is 0 Å². The molecule has 0 bridgehead atoms. The predicted octanol–water partition coefficient (Wildman–Crippen LogP) is 5.64. The van der Waals surface area contributed by atoms with Crippen molar-refractivity contribution in [2.45, 2.75) is 0 Å². The second-order valence-corrected chi connectivity index (χ2v) is 5.39. The van der Waals surface area contributed by atoms with E-state index in [0.29, 0.717) is 11.1 Å². The van der Waals surface area contributed by atoms with Gasteiger partial charge in [-0.25, -0.2) is 0 Å². The molecule has 0 amide bonds. The van der Waals surface area contributed by atoms with Crippen LogP contribution in [0.5, 0.6) is 0 Å². The molecule has 3 aromatic carbocycles. The highest BCUT2D eigenvalue weighted by atomic mass is 16.3. The van der Waals surface area contributed by atoms with Gasteiger partial charge in [-0.15, -0.1) is 0 Å². The molecule has 0 aliphatic carbocycles. The van der Waals surface area contributed by atoms with Gasteiger partial charge >= 0.3 is 0 Å². The van der Waals surface area contributed by atoms with Crippen LogP contribution >= 0.6 is 0 Å². The van der Waals surface area contributed by atoms with Crippen molar-refractivity contribution >= 4 is 11.0 Å². The maximum Gasteiger partial charge on any atom is 0.152 e. The first kappa shape index (κ1) is 13.4. The lowest BCUT2D eigenvalue weighted by Crippen LogP contribution is -1.83. The number of rotatable bonds is 2. The normalized spacial score (nSPS) is 10.6. The van der Waals surface area contributed by atoms with Gasteiger partial charge in [-0.2, -0.15) is 5.26 Å². The number of benzene rings is 3. The summed E-state index contributed by atoms with van der Waals surface area (Å²) in [5.41, 5.74) is 5.41. The van der Waals surface area contributed by atoms with Crippen LogP contribution in [-0.4, -0.2) is 0 Å². The predicted molar refractivity (Wildman–Crippen MR) is 91.8 cm³/mol. The molecule has 4 rings (SSSR count). The van der Waals surface area contributed by atoms with Crippen LogP contribution in [0.3, 0.4) is 0 Å². The van der Waals surface area contributed by atoms with Gasteiger partial charge in [0, 0.05) is 10.9 Å². The van der Waals surface area contributed by atoms with Gasteiger partial charge < -0.3 is 4.42 Å². The van der Waals surface area contributed by atoms with Crippen LogP contribution in [0.2, 0.25) is 0 Å². The Kier molecular flexibility index (Phi) is 3.18. The number of furan rings is 1. The molecule has 0 radical (unpaired) electrons. The Morgan fingerprint density at radius 1 is 0.739 bits per heavy atom. The number of nitriles is 1. The molecule has 0 aliphatic heterocycles. The van der Waals surface area contributed by atoms with Gasteiger partial charge in [0.05, 0.1) is 11.8 Å². The van der Waals surface area contributed by atoms with Crippen molar-refractivity contribution in [3.63, 3.8) is 0 Å². The Balaban J connectivity index is 2.00. The number of hydrogen-bond donors (Lipinski definition) is 0. The number of nitrogens with zero attached hydrogens (tertiary/aromatic N) is 1. The third-order valence-electron chi connectivity index (χ3n) is 3.99. The van der Waals surface area contributed by atoms with Crippen molar-refractivity contribution < 1.29 is 4.42 Å². The summed E-state index contributed by atoms with van der Waals surface area (Å²) in [6.07, 6.45) is 1.73. The van der Waals surface area contributed by atoms with Gasteiger partial charge in [-0.1, -0.05) is 60.7 Å². The minimum absolute atomic E-state index is 0.559. The van der Waals surface area contributed by atoms with Crippen molar-refractivity contribution in [2.75, 3.05) is 0 Å². The maximum absolute atomic E-state index is 9.48. The molecule has 0 N–H and O–H groups in total. The average Bonchev–Trinajstić information content (AvgIpc) is 3.06. The Hall–Kier alpha value is -3.31. The van der Waals surface area contributed by atoms with Crippen LogP contribution in [0.1, 0.15) is 5.56 Å². The van der Waals surface area contributed by atoms with Crippen LogP contribution < -0.4 is 0 Å². The molecular weight excluding hydrogens is 282 g/mol. The topological polar surface area (TPSA) is 36.9 Å². The molecule has 0 saturated heterocycles. The average molecular weight is 295 g/mol. The van der Waals surface area contributed by atoms with Crippen LogP contribution in [-0.2, 0) is 0 Å². The fraction of sp³-hybridized carbons (Fsp3) is 0. The quantitative estimate of drug-likeness (QED) is 0.480. The van der Waals surface area contributed by atoms with E-state index in [1.807, 2.05) is 66.7 Å². The summed E-state index contributed by atoms with van der Waals surface area (Å²) in [7, 11) is 0. The minimum Gasteiger partial charge on any atom is -0.462 e. The number of fused-ring (bicyclic) bond motifs is 1.